The van der Waals surface area contributed by atoms with Crippen LogP contribution in [0.2, 0.25) is 0 Å². The largest absolute Gasteiger partial charge is 0.459 e. The zero-order valence-corrected chi connectivity index (χ0v) is 16.3. The lowest BCUT2D eigenvalue weighted by molar-refractivity contribution is 0.0380. The first-order valence-corrected chi connectivity index (χ1v) is 9.64. The third-order valence-electron chi connectivity index (χ3n) is 4.14. The number of nitrogens with two attached hydrogens (primary N) is 2. The van der Waals surface area contributed by atoms with Gasteiger partial charge < -0.3 is 16.2 Å². The summed E-state index contributed by atoms with van der Waals surface area (Å²) in [4.78, 5) is 12.5. The minimum absolute atomic E-state index is 0.259. The molecule has 7 nitrogen and oxygen atoms in total. The number of anilines is 4. The maximum atomic E-state index is 12.5. The van der Waals surface area contributed by atoms with Crippen LogP contribution < -0.4 is 15.8 Å². The Bertz CT molecular complexity index is 1070. The molecule has 3 aromatic rings. The molecule has 0 aromatic heterocycles. The van der Waals surface area contributed by atoms with Crippen molar-refractivity contribution in [3.05, 3.63) is 60.2 Å². The fourth-order valence-electron chi connectivity index (χ4n) is 2.92. The molecule has 0 aliphatic carbocycles. The Morgan fingerprint density at radius 2 is 1.71 bits per heavy atom. The fraction of sp³-hybridized carbons (Fsp3) is 0.150. The van der Waals surface area contributed by atoms with E-state index in [9.17, 15) is 13.6 Å². The van der Waals surface area contributed by atoms with Gasteiger partial charge in [-0.1, -0.05) is 24.3 Å². The van der Waals surface area contributed by atoms with E-state index >= 15 is 0 Å². The van der Waals surface area contributed by atoms with Crippen molar-refractivity contribution in [2.75, 3.05) is 15.8 Å². The van der Waals surface area contributed by atoms with Gasteiger partial charge in [-0.3, -0.25) is 4.55 Å². The number of benzene rings is 3. The molecule has 0 aliphatic heterocycles. The summed E-state index contributed by atoms with van der Waals surface area (Å²) in [7, 11) is 0. The van der Waals surface area contributed by atoms with E-state index in [1.807, 2.05) is 0 Å². The van der Waals surface area contributed by atoms with Gasteiger partial charge in [0.25, 0.3) is 11.3 Å². The number of hydrogen-bond donors (Lipinski definition) is 3. The number of hydrogen-bond acceptors (Lipinski definition) is 5. The molecule has 0 fully saturated rings. The molecule has 0 saturated heterocycles. The Morgan fingerprint density at radius 1 is 1.04 bits per heavy atom. The number of nitrogen functional groups attached to an aromatic ring is 2. The summed E-state index contributed by atoms with van der Waals surface area (Å²) in [6.07, 6.45) is -0.259. The van der Waals surface area contributed by atoms with Crippen LogP contribution in [0.25, 0.3) is 10.8 Å². The van der Waals surface area contributed by atoms with Gasteiger partial charge in [0.15, 0.2) is 0 Å². The second kappa shape index (κ2) is 7.87. The first-order chi connectivity index (χ1) is 13.3. The van der Waals surface area contributed by atoms with Crippen LogP contribution in [0, 0.1) is 0 Å². The predicted octanol–water partition coefficient (Wildman–Crippen LogP) is 3.84. The zero-order chi connectivity index (χ0) is 20.4. The van der Waals surface area contributed by atoms with Gasteiger partial charge in [0.1, 0.15) is 0 Å². The molecule has 0 amide bonds. The molecule has 1 atom stereocenters. The van der Waals surface area contributed by atoms with Crippen molar-refractivity contribution >= 4 is 50.8 Å². The Morgan fingerprint density at radius 3 is 2.32 bits per heavy atom. The number of carbonyl (C=O) groups excluding carboxylic acids is 1. The SMILES string of the molecule is CC(C)OC(=O)c1ccc(N(c2ccc(N)c(N)c2)S(=O)O)c2ccccc12. The van der Waals surface area contributed by atoms with Gasteiger partial charge in [-0.2, -0.15) is 0 Å². The first kappa shape index (κ1) is 19.7. The molecule has 0 heterocycles. The maximum absolute atomic E-state index is 12.5. The average molecular weight is 399 g/mol. The molecule has 0 aliphatic rings. The lowest BCUT2D eigenvalue weighted by atomic mass is 10.0. The molecule has 8 heteroatoms. The van der Waals surface area contributed by atoms with E-state index in [-0.39, 0.29) is 6.10 Å². The van der Waals surface area contributed by atoms with E-state index in [1.165, 1.54) is 10.4 Å². The van der Waals surface area contributed by atoms with Gasteiger partial charge >= 0.3 is 5.97 Å². The topological polar surface area (TPSA) is 119 Å². The van der Waals surface area contributed by atoms with Crippen LogP contribution in [0.1, 0.15) is 24.2 Å². The van der Waals surface area contributed by atoms with Gasteiger partial charge in [0.05, 0.1) is 34.4 Å². The van der Waals surface area contributed by atoms with Crippen molar-refractivity contribution in [1.29, 1.82) is 0 Å². The van der Waals surface area contributed by atoms with Crippen LogP contribution in [-0.4, -0.2) is 20.8 Å². The van der Waals surface area contributed by atoms with Crippen LogP contribution in [0.3, 0.4) is 0 Å². The van der Waals surface area contributed by atoms with Crippen molar-refractivity contribution in [3.63, 3.8) is 0 Å². The standard InChI is InChI=1S/C20H21N3O4S/c1-12(2)27-20(24)16-8-10-19(15-6-4-3-5-14(15)16)23(28(25)26)13-7-9-17(21)18(22)11-13/h3-12H,21-22H2,1-2H3,(H,25,26). The maximum Gasteiger partial charge on any atom is 0.339 e. The summed E-state index contributed by atoms with van der Waals surface area (Å²) >= 11 is -2.38. The van der Waals surface area contributed by atoms with Crippen LogP contribution in [-0.2, 0) is 16.0 Å². The molecule has 28 heavy (non-hydrogen) atoms. The van der Waals surface area contributed by atoms with Gasteiger partial charge in [-0.25, -0.2) is 13.3 Å². The monoisotopic (exact) mass is 399 g/mol. The Kier molecular flexibility index (Phi) is 5.53. The van der Waals surface area contributed by atoms with E-state index in [0.29, 0.717) is 39.1 Å². The molecule has 0 radical (unpaired) electrons. The minimum Gasteiger partial charge on any atom is -0.459 e. The van der Waals surface area contributed by atoms with Crippen molar-refractivity contribution < 1.29 is 18.3 Å². The summed E-state index contributed by atoms with van der Waals surface area (Å²) in [5.41, 5.74) is 13.5. The Labute approximate surface area is 165 Å². The van der Waals surface area contributed by atoms with Gasteiger partial charge in [0, 0.05) is 5.39 Å². The van der Waals surface area contributed by atoms with E-state index in [1.54, 1.807) is 62.4 Å². The Balaban J connectivity index is 2.20. The number of carbonyl (C=O) groups is 1. The van der Waals surface area contributed by atoms with Crippen molar-refractivity contribution in [2.45, 2.75) is 20.0 Å². The fourth-order valence-corrected chi connectivity index (χ4v) is 3.54. The second-order valence-corrected chi connectivity index (χ2v) is 7.30. The second-order valence-electron chi connectivity index (χ2n) is 6.47. The number of esters is 1. The summed E-state index contributed by atoms with van der Waals surface area (Å²) in [5.74, 6) is -0.453. The van der Waals surface area contributed by atoms with Crippen molar-refractivity contribution in [2.24, 2.45) is 0 Å². The third kappa shape index (κ3) is 3.78. The molecule has 3 aromatic carbocycles. The highest BCUT2D eigenvalue weighted by molar-refractivity contribution is 7.81. The Hall–Kier alpha value is -3.10. The molecular weight excluding hydrogens is 378 g/mol. The van der Waals surface area contributed by atoms with E-state index in [0.717, 1.165) is 0 Å². The van der Waals surface area contributed by atoms with Crippen molar-refractivity contribution in [3.8, 4) is 0 Å². The number of fused-ring (bicyclic) bond motifs is 1. The molecule has 0 saturated carbocycles. The van der Waals surface area contributed by atoms with Crippen molar-refractivity contribution in [1.82, 2.24) is 0 Å². The molecule has 146 valence electrons. The van der Waals surface area contributed by atoms with E-state index in [2.05, 4.69) is 0 Å². The summed E-state index contributed by atoms with van der Waals surface area (Å²) < 4.78 is 28.7. The van der Waals surface area contributed by atoms with Crippen LogP contribution in [0.5, 0.6) is 0 Å². The summed E-state index contributed by atoms with van der Waals surface area (Å²) in [5, 5.41) is 1.24. The van der Waals surface area contributed by atoms with Crippen LogP contribution in [0.4, 0.5) is 22.7 Å². The smallest absolute Gasteiger partial charge is 0.339 e. The van der Waals surface area contributed by atoms with Crippen LogP contribution in [0.15, 0.2) is 54.6 Å². The number of rotatable bonds is 5. The molecular formula is C20H21N3O4S. The highest BCUT2D eigenvalue weighted by atomic mass is 32.2. The number of ether oxygens (including phenoxy) is 1. The summed E-state index contributed by atoms with van der Waals surface area (Å²) in [6.45, 7) is 3.55. The van der Waals surface area contributed by atoms with E-state index < -0.39 is 17.2 Å². The zero-order valence-electron chi connectivity index (χ0n) is 15.5. The van der Waals surface area contributed by atoms with E-state index in [4.69, 9.17) is 16.2 Å². The van der Waals surface area contributed by atoms with Gasteiger partial charge in [0.2, 0.25) is 0 Å². The molecule has 1 unspecified atom stereocenters. The van der Waals surface area contributed by atoms with Crippen LogP contribution >= 0.6 is 0 Å². The predicted molar refractivity (Wildman–Crippen MR) is 113 cm³/mol. The molecule has 0 spiro atoms. The minimum atomic E-state index is -2.38. The van der Waals surface area contributed by atoms with Gasteiger partial charge in [-0.15, -0.1) is 0 Å². The average Bonchev–Trinajstić information content (AvgIpc) is 2.64. The molecule has 5 N–H and O–H groups in total. The molecule has 3 rings (SSSR count). The first-order valence-electron chi connectivity index (χ1n) is 8.58. The molecule has 0 bridgehead atoms. The highest BCUT2D eigenvalue weighted by Gasteiger charge is 2.21. The lowest BCUT2D eigenvalue weighted by Gasteiger charge is -2.23. The van der Waals surface area contributed by atoms with Gasteiger partial charge in [-0.05, 0) is 49.6 Å². The normalized spacial score (nSPS) is 12.1. The lowest BCUT2D eigenvalue weighted by Crippen LogP contribution is -2.20. The quantitative estimate of drug-likeness (QED) is 0.341. The third-order valence-corrected chi connectivity index (χ3v) is 4.86. The highest BCUT2D eigenvalue weighted by Crippen LogP contribution is 2.36. The number of nitrogens with zero attached hydrogens (tertiary/aromatic N) is 1. The summed E-state index contributed by atoms with van der Waals surface area (Å²) in [6, 6.07) is 15.0.